The predicted octanol–water partition coefficient (Wildman–Crippen LogP) is 4.54. The van der Waals surface area contributed by atoms with E-state index in [4.69, 9.17) is 0 Å². The summed E-state index contributed by atoms with van der Waals surface area (Å²) >= 11 is 0. The van der Waals surface area contributed by atoms with Gasteiger partial charge in [0.05, 0.1) is 5.69 Å². The van der Waals surface area contributed by atoms with Gasteiger partial charge in [-0.1, -0.05) is 39.0 Å². The minimum absolute atomic E-state index is 0.178. The van der Waals surface area contributed by atoms with E-state index in [0.717, 1.165) is 5.69 Å². The van der Waals surface area contributed by atoms with Crippen molar-refractivity contribution < 1.29 is 0 Å². The lowest BCUT2D eigenvalue weighted by Gasteiger charge is -2.16. The molecule has 1 heteroatoms. The second-order valence-corrected chi connectivity index (χ2v) is 4.80. The Morgan fingerprint density at radius 2 is 1.81 bits per heavy atom. The SMILES string of the molecule is CC(=C=CC=Nc1ccccc1)C(C)(C)C. The first kappa shape index (κ1) is 12.5. The van der Waals surface area contributed by atoms with Crippen molar-refractivity contribution >= 4 is 11.9 Å². The normalized spacial score (nSPS) is 11.2. The second kappa shape index (κ2) is 5.48. The van der Waals surface area contributed by atoms with Gasteiger partial charge in [0, 0.05) is 6.21 Å². The molecule has 0 spiro atoms. The summed E-state index contributed by atoms with van der Waals surface area (Å²) in [6.45, 7) is 8.62. The largest absolute Gasteiger partial charge is 0.256 e. The van der Waals surface area contributed by atoms with Gasteiger partial charge in [-0.05, 0) is 36.1 Å². The Kier molecular flexibility index (Phi) is 4.28. The van der Waals surface area contributed by atoms with E-state index >= 15 is 0 Å². The van der Waals surface area contributed by atoms with Gasteiger partial charge >= 0.3 is 0 Å². The molecule has 0 aliphatic heterocycles. The van der Waals surface area contributed by atoms with Crippen LogP contribution >= 0.6 is 0 Å². The van der Waals surface area contributed by atoms with Gasteiger partial charge in [0.1, 0.15) is 0 Å². The van der Waals surface area contributed by atoms with E-state index in [1.807, 2.05) is 36.4 Å². The van der Waals surface area contributed by atoms with Gasteiger partial charge in [0.2, 0.25) is 0 Å². The van der Waals surface area contributed by atoms with Crippen LogP contribution in [0.5, 0.6) is 0 Å². The molecule has 0 heterocycles. The second-order valence-electron chi connectivity index (χ2n) is 4.80. The van der Waals surface area contributed by atoms with Crippen LogP contribution in [0.4, 0.5) is 5.69 Å². The molecule has 0 saturated heterocycles. The van der Waals surface area contributed by atoms with E-state index in [2.05, 4.69) is 38.4 Å². The van der Waals surface area contributed by atoms with E-state index in [-0.39, 0.29) is 5.41 Å². The van der Waals surface area contributed by atoms with Crippen molar-refractivity contribution in [1.29, 1.82) is 0 Å². The van der Waals surface area contributed by atoms with Crippen LogP contribution in [0.15, 0.2) is 52.7 Å². The van der Waals surface area contributed by atoms with Crippen molar-refractivity contribution in [2.24, 2.45) is 10.4 Å². The fraction of sp³-hybridized carbons (Fsp3) is 0.333. The zero-order valence-electron chi connectivity index (χ0n) is 10.5. The van der Waals surface area contributed by atoms with Crippen LogP contribution in [-0.2, 0) is 0 Å². The molecule has 1 rings (SSSR count). The number of allylic oxidation sites excluding steroid dienone is 1. The third-order valence-corrected chi connectivity index (χ3v) is 2.48. The summed E-state index contributed by atoms with van der Waals surface area (Å²) in [5, 5.41) is 0. The molecular weight excluding hydrogens is 194 g/mol. The molecule has 1 aromatic rings. The molecule has 0 aromatic heterocycles. The molecule has 84 valence electrons. The number of aliphatic imine (C=N–C) groups is 1. The lowest BCUT2D eigenvalue weighted by Crippen LogP contribution is -2.04. The molecule has 1 aromatic carbocycles. The maximum atomic E-state index is 4.30. The third kappa shape index (κ3) is 4.29. The molecule has 0 unspecified atom stereocenters. The van der Waals surface area contributed by atoms with Crippen molar-refractivity contribution in [2.45, 2.75) is 27.7 Å². The van der Waals surface area contributed by atoms with Crippen molar-refractivity contribution in [2.75, 3.05) is 0 Å². The van der Waals surface area contributed by atoms with E-state index in [0.29, 0.717) is 0 Å². The fourth-order valence-corrected chi connectivity index (χ4v) is 1.02. The Labute approximate surface area is 98.2 Å². The summed E-state index contributed by atoms with van der Waals surface area (Å²) in [5.41, 5.74) is 5.61. The highest BCUT2D eigenvalue weighted by atomic mass is 14.7. The number of para-hydroxylation sites is 1. The van der Waals surface area contributed by atoms with Crippen molar-refractivity contribution in [3.05, 3.63) is 47.7 Å². The quantitative estimate of drug-likeness (QED) is 0.505. The molecule has 0 bridgehead atoms. The molecule has 0 atom stereocenters. The average molecular weight is 213 g/mol. The van der Waals surface area contributed by atoms with Gasteiger partial charge in [-0.2, -0.15) is 0 Å². The van der Waals surface area contributed by atoms with Gasteiger partial charge in [0.15, 0.2) is 0 Å². The Balaban J connectivity index is 2.72. The van der Waals surface area contributed by atoms with Gasteiger partial charge in [-0.25, -0.2) is 0 Å². The van der Waals surface area contributed by atoms with Crippen molar-refractivity contribution in [1.82, 2.24) is 0 Å². The first-order valence-electron chi connectivity index (χ1n) is 5.51. The summed E-state index contributed by atoms with van der Waals surface area (Å²) < 4.78 is 0. The van der Waals surface area contributed by atoms with Crippen LogP contribution in [0.2, 0.25) is 0 Å². The first-order valence-corrected chi connectivity index (χ1v) is 5.51. The molecule has 0 saturated carbocycles. The minimum atomic E-state index is 0.178. The zero-order chi connectivity index (χ0) is 12.0. The van der Waals surface area contributed by atoms with Crippen LogP contribution in [0.3, 0.4) is 0 Å². The Morgan fingerprint density at radius 3 is 2.38 bits per heavy atom. The maximum Gasteiger partial charge on any atom is 0.0629 e. The molecule has 16 heavy (non-hydrogen) atoms. The van der Waals surface area contributed by atoms with Crippen LogP contribution < -0.4 is 0 Å². The fourth-order valence-electron chi connectivity index (χ4n) is 1.02. The number of hydrogen-bond donors (Lipinski definition) is 0. The van der Waals surface area contributed by atoms with Gasteiger partial charge < -0.3 is 0 Å². The standard InChI is InChI=1S/C15H19N/c1-13(15(2,3)4)9-8-12-16-14-10-6-5-7-11-14/h5-8,10-12H,1-4H3. The van der Waals surface area contributed by atoms with E-state index < -0.39 is 0 Å². The highest BCUT2D eigenvalue weighted by molar-refractivity contribution is 5.74. The topological polar surface area (TPSA) is 12.4 Å². The summed E-state index contributed by atoms with van der Waals surface area (Å²) in [6.07, 6.45) is 3.65. The summed E-state index contributed by atoms with van der Waals surface area (Å²) in [7, 11) is 0. The summed E-state index contributed by atoms with van der Waals surface area (Å²) in [5.74, 6) is 0. The van der Waals surface area contributed by atoms with E-state index in [9.17, 15) is 0 Å². The third-order valence-electron chi connectivity index (χ3n) is 2.48. The van der Waals surface area contributed by atoms with Gasteiger partial charge in [-0.3, -0.25) is 4.99 Å². The smallest absolute Gasteiger partial charge is 0.0629 e. The lowest BCUT2D eigenvalue weighted by molar-refractivity contribution is 0.505. The molecule has 0 fully saturated rings. The Bertz CT molecular complexity index is 412. The first-order chi connectivity index (χ1) is 7.50. The predicted molar refractivity (Wildman–Crippen MR) is 71.3 cm³/mol. The van der Waals surface area contributed by atoms with Gasteiger partial charge in [-0.15, -0.1) is 5.73 Å². The summed E-state index contributed by atoms with van der Waals surface area (Å²) in [4.78, 5) is 4.30. The molecule has 0 radical (unpaired) electrons. The lowest BCUT2D eigenvalue weighted by atomic mass is 9.88. The minimum Gasteiger partial charge on any atom is -0.256 e. The highest BCUT2D eigenvalue weighted by Crippen LogP contribution is 2.22. The van der Waals surface area contributed by atoms with E-state index in [1.165, 1.54) is 5.57 Å². The number of rotatable bonds is 2. The monoisotopic (exact) mass is 213 g/mol. The molecule has 0 aliphatic rings. The molecule has 0 amide bonds. The van der Waals surface area contributed by atoms with Gasteiger partial charge in [0.25, 0.3) is 0 Å². The van der Waals surface area contributed by atoms with E-state index in [1.54, 1.807) is 6.21 Å². The molecular formula is C15H19N. The van der Waals surface area contributed by atoms with Crippen LogP contribution in [-0.4, -0.2) is 6.21 Å². The van der Waals surface area contributed by atoms with Crippen LogP contribution in [0, 0.1) is 5.41 Å². The number of nitrogens with zero attached hydrogens (tertiary/aromatic N) is 1. The van der Waals surface area contributed by atoms with Crippen LogP contribution in [0.1, 0.15) is 27.7 Å². The van der Waals surface area contributed by atoms with Crippen LogP contribution in [0.25, 0.3) is 0 Å². The zero-order valence-corrected chi connectivity index (χ0v) is 10.5. The average Bonchev–Trinajstić information content (AvgIpc) is 2.24. The van der Waals surface area contributed by atoms with Crippen molar-refractivity contribution in [3.8, 4) is 0 Å². The molecule has 1 nitrogen and oxygen atoms in total. The maximum absolute atomic E-state index is 4.30. The highest BCUT2D eigenvalue weighted by Gasteiger charge is 2.10. The molecule has 0 aliphatic carbocycles. The van der Waals surface area contributed by atoms with Crippen molar-refractivity contribution in [3.63, 3.8) is 0 Å². The number of benzene rings is 1. The molecule has 0 N–H and O–H groups in total. The summed E-state index contributed by atoms with van der Waals surface area (Å²) in [6, 6.07) is 9.90. The Hall–Kier alpha value is -1.59. The Morgan fingerprint density at radius 1 is 1.19 bits per heavy atom. The number of hydrogen-bond acceptors (Lipinski definition) is 1.